The van der Waals surface area contributed by atoms with Gasteiger partial charge in [-0.25, -0.2) is 13.1 Å². The van der Waals surface area contributed by atoms with E-state index < -0.39 is 10.0 Å². The highest BCUT2D eigenvalue weighted by Gasteiger charge is 2.08. The summed E-state index contributed by atoms with van der Waals surface area (Å²) in [6, 6.07) is 0. The Labute approximate surface area is 121 Å². The van der Waals surface area contributed by atoms with Gasteiger partial charge in [0.2, 0.25) is 10.0 Å². The first-order valence-corrected chi connectivity index (χ1v) is 8.81. The smallest absolute Gasteiger partial charge is 0.211 e. The molecule has 116 valence electrons. The lowest BCUT2D eigenvalue weighted by atomic mass is 10.3. The molecule has 2 N–H and O–H groups in total. The highest BCUT2D eigenvalue weighted by Crippen LogP contribution is 1.95. The molecular weight excluding hydrogens is 278 g/mol. The summed E-state index contributed by atoms with van der Waals surface area (Å²) in [7, 11) is -3.14. The summed E-state index contributed by atoms with van der Waals surface area (Å²) in [5.74, 6) is 0.199. The Kier molecular flexibility index (Phi) is 8.40. The second kappa shape index (κ2) is 9.84. The fourth-order valence-electron chi connectivity index (χ4n) is 1.74. The van der Waals surface area contributed by atoms with Crippen molar-refractivity contribution in [3.8, 4) is 0 Å². The van der Waals surface area contributed by atoms with E-state index in [9.17, 15) is 8.42 Å². The monoisotopic (exact) mass is 303 g/mol. The van der Waals surface area contributed by atoms with Gasteiger partial charge in [0, 0.05) is 19.3 Å². The van der Waals surface area contributed by atoms with Crippen LogP contribution in [-0.2, 0) is 16.6 Å². The molecule has 0 spiro atoms. The average Bonchev–Trinajstić information content (AvgIpc) is 2.92. The molecule has 1 aromatic rings. The highest BCUT2D eigenvalue weighted by molar-refractivity contribution is 7.89. The second-order valence-corrected chi connectivity index (χ2v) is 6.62. The van der Waals surface area contributed by atoms with E-state index >= 15 is 0 Å². The minimum atomic E-state index is -3.14. The lowest BCUT2D eigenvalue weighted by molar-refractivity contribution is 0.540. The van der Waals surface area contributed by atoms with Gasteiger partial charge < -0.3 is 5.32 Å². The van der Waals surface area contributed by atoms with E-state index in [1.54, 1.807) is 17.1 Å². The summed E-state index contributed by atoms with van der Waals surface area (Å²) in [4.78, 5) is 0. The molecule has 8 heteroatoms. The van der Waals surface area contributed by atoms with Gasteiger partial charge in [0.15, 0.2) is 0 Å². The lowest BCUT2D eigenvalue weighted by Gasteiger charge is -2.07. The Balaban J connectivity index is 2.03. The molecule has 0 bridgehead atoms. The van der Waals surface area contributed by atoms with Crippen LogP contribution in [0.1, 0.15) is 32.6 Å². The third kappa shape index (κ3) is 8.23. The summed E-state index contributed by atoms with van der Waals surface area (Å²) in [5, 5.41) is 10.8. The van der Waals surface area contributed by atoms with Crippen molar-refractivity contribution in [1.82, 2.24) is 25.0 Å². The Bertz CT molecular complexity index is 433. The number of rotatable bonds is 12. The zero-order chi connectivity index (χ0) is 14.7. The molecule has 0 aromatic carbocycles. The molecule has 0 radical (unpaired) electrons. The molecule has 1 aromatic heterocycles. The molecule has 20 heavy (non-hydrogen) atoms. The van der Waals surface area contributed by atoms with Crippen LogP contribution in [0.3, 0.4) is 0 Å². The van der Waals surface area contributed by atoms with E-state index in [1.807, 2.05) is 0 Å². The Morgan fingerprint density at radius 3 is 2.70 bits per heavy atom. The second-order valence-electron chi connectivity index (χ2n) is 4.69. The van der Waals surface area contributed by atoms with E-state index in [1.165, 1.54) is 0 Å². The molecule has 1 heterocycles. The number of hydrogen-bond acceptors (Lipinski definition) is 5. The number of sulfonamides is 1. The molecule has 0 atom stereocenters. The van der Waals surface area contributed by atoms with Crippen LogP contribution in [0.5, 0.6) is 0 Å². The Hall–Kier alpha value is -0.990. The number of aryl methyl sites for hydroxylation is 1. The molecule has 0 aliphatic carbocycles. The minimum absolute atomic E-state index is 0.199. The number of hydrogen-bond donors (Lipinski definition) is 2. The normalized spacial score (nSPS) is 11.8. The van der Waals surface area contributed by atoms with Gasteiger partial charge in [-0.1, -0.05) is 12.1 Å². The average molecular weight is 303 g/mol. The quantitative estimate of drug-likeness (QED) is 0.545. The SMILES string of the molecule is CCCNCCCCS(=O)(=O)NCCCn1ccnn1. The van der Waals surface area contributed by atoms with Gasteiger partial charge in [-0.2, -0.15) is 0 Å². The summed E-state index contributed by atoms with van der Waals surface area (Å²) in [6.07, 6.45) is 6.76. The van der Waals surface area contributed by atoms with Crippen molar-refractivity contribution in [2.24, 2.45) is 0 Å². The maximum Gasteiger partial charge on any atom is 0.211 e. The van der Waals surface area contributed by atoms with Gasteiger partial charge in [0.1, 0.15) is 0 Å². The van der Waals surface area contributed by atoms with E-state index in [2.05, 4.69) is 27.3 Å². The van der Waals surface area contributed by atoms with Crippen LogP contribution in [-0.4, -0.2) is 48.8 Å². The minimum Gasteiger partial charge on any atom is -0.317 e. The van der Waals surface area contributed by atoms with Gasteiger partial charge >= 0.3 is 0 Å². The zero-order valence-electron chi connectivity index (χ0n) is 12.1. The van der Waals surface area contributed by atoms with Crippen LogP contribution in [0.2, 0.25) is 0 Å². The number of aromatic nitrogens is 3. The standard InChI is InChI=1S/C12H25N5O2S/c1-2-6-13-7-3-4-12-20(18,19)15-8-5-10-17-11-9-14-16-17/h9,11,13,15H,2-8,10,12H2,1H3. The first kappa shape index (κ1) is 17.1. The van der Waals surface area contributed by atoms with Crippen LogP contribution >= 0.6 is 0 Å². The fraction of sp³-hybridized carbons (Fsp3) is 0.833. The maximum absolute atomic E-state index is 11.7. The topological polar surface area (TPSA) is 88.9 Å². The predicted molar refractivity (Wildman–Crippen MR) is 78.8 cm³/mol. The number of nitrogens with one attached hydrogen (secondary N) is 2. The van der Waals surface area contributed by atoms with Gasteiger partial charge in [-0.15, -0.1) is 5.10 Å². The van der Waals surface area contributed by atoms with Crippen molar-refractivity contribution in [2.45, 2.75) is 39.2 Å². The first-order valence-electron chi connectivity index (χ1n) is 7.16. The Morgan fingerprint density at radius 2 is 2.00 bits per heavy atom. The van der Waals surface area contributed by atoms with Crippen LogP contribution in [0.25, 0.3) is 0 Å². The maximum atomic E-state index is 11.7. The zero-order valence-corrected chi connectivity index (χ0v) is 12.9. The van der Waals surface area contributed by atoms with Gasteiger partial charge in [-0.05, 0) is 38.8 Å². The largest absolute Gasteiger partial charge is 0.317 e. The van der Waals surface area contributed by atoms with Crippen LogP contribution in [0, 0.1) is 0 Å². The number of unbranched alkanes of at least 4 members (excludes halogenated alkanes) is 1. The third-order valence-electron chi connectivity index (χ3n) is 2.80. The first-order chi connectivity index (χ1) is 9.64. The van der Waals surface area contributed by atoms with Crippen LogP contribution in [0.4, 0.5) is 0 Å². The van der Waals surface area contributed by atoms with Crippen molar-refractivity contribution in [1.29, 1.82) is 0 Å². The lowest BCUT2D eigenvalue weighted by Crippen LogP contribution is -2.28. The Morgan fingerprint density at radius 1 is 1.15 bits per heavy atom. The fourth-order valence-corrected chi connectivity index (χ4v) is 2.92. The predicted octanol–water partition coefficient (Wildman–Crippen LogP) is 0.367. The van der Waals surface area contributed by atoms with Gasteiger partial charge in [-0.3, -0.25) is 4.68 Å². The summed E-state index contributed by atoms with van der Waals surface area (Å²) in [6.45, 7) is 5.10. The van der Waals surface area contributed by atoms with Crippen LogP contribution < -0.4 is 10.0 Å². The molecule has 1 rings (SSSR count). The highest BCUT2D eigenvalue weighted by atomic mass is 32.2. The van der Waals surface area contributed by atoms with Crippen LogP contribution in [0.15, 0.2) is 12.4 Å². The van der Waals surface area contributed by atoms with E-state index in [4.69, 9.17) is 0 Å². The molecule has 0 amide bonds. The van der Waals surface area contributed by atoms with E-state index in [0.29, 0.717) is 25.9 Å². The molecule has 0 aliphatic rings. The summed E-state index contributed by atoms with van der Waals surface area (Å²) in [5.41, 5.74) is 0. The molecule has 0 saturated carbocycles. The van der Waals surface area contributed by atoms with Crippen molar-refractivity contribution >= 4 is 10.0 Å². The molecule has 7 nitrogen and oxygen atoms in total. The van der Waals surface area contributed by atoms with E-state index in [0.717, 1.165) is 25.9 Å². The number of nitrogens with zero attached hydrogens (tertiary/aromatic N) is 3. The third-order valence-corrected chi connectivity index (χ3v) is 4.27. The molecular formula is C12H25N5O2S. The van der Waals surface area contributed by atoms with Crippen molar-refractivity contribution in [2.75, 3.05) is 25.4 Å². The van der Waals surface area contributed by atoms with E-state index in [-0.39, 0.29) is 5.75 Å². The van der Waals surface area contributed by atoms with Crippen molar-refractivity contribution in [3.63, 3.8) is 0 Å². The molecule has 0 saturated heterocycles. The van der Waals surface area contributed by atoms with Gasteiger partial charge in [0.05, 0.1) is 11.9 Å². The summed E-state index contributed by atoms with van der Waals surface area (Å²) < 4.78 is 27.7. The summed E-state index contributed by atoms with van der Waals surface area (Å²) >= 11 is 0. The van der Waals surface area contributed by atoms with Gasteiger partial charge in [0.25, 0.3) is 0 Å². The molecule has 0 aliphatic heterocycles. The van der Waals surface area contributed by atoms with Crippen molar-refractivity contribution in [3.05, 3.63) is 12.4 Å². The molecule has 0 fully saturated rings. The van der Waals surface area contributed by atoms with Crippen molar-refractivity contribution < 1.29 is 8.42 Å². The molecule has 0 unspecified atom stereocenters.